The van der Waals surface area contributed by atoms with Gasteiger partial charge in [0.25, 0.3) is 5.91 Å². The first kappa shape index (κ1) is 18.2. The number of carboxylic acids is 1. The summed E-state index contributed by atoms with van der Waals surface area (Å²) in [6, 6.07) is 12.3. The molecular weight excluding hydrogens is 322 g/mol. The fourth-order valence-electron chi connectivity index (χ4n) is 2.36. The minimum absolute atomic E-state index is 0.189. The fourth-order valence-corrected chi connectivity index (χ4v) is 2.36. The first-order chi connectivity index (χ1) is 11.8. The Bertz CT molecular complexity index is 783. The van der Waals surface area contributed by atoms with Gasteiger partial charge in [-0.3, -0.25) is 9.59 Å². The van der Waals surface area contributed by atoms with Crippen molar-refractivity contribution in [3.05, 3.63) is 65.2 Å². The Morgan fingerprint density at radius 2 is 1.80 bits per heavy atom. The summed E-state index contributed by atoms with van der Waals surface area (Å²) in [4.78, 5) is 34.6. The van der Waals surface area contributed by atoms with Gasteiger partial charge in [-0.2, -0.15) is 0 Å². The van der Waals surface area contributed by atoms with Crippen molar-refractivity contribution < 1.29 is 24.2 Å². The number of nitrogens with one attached hydrogen (secondary N) is 1. The zero-order chi connectivity index (χ0) is 18.4. The second-order valence-corrected chi connectivity index (χ2v) is 5.68. The van der Waals surface area contributed by atoms with Gasteiger partial charge in [-0.05, 0) is 36.8 Å². The van der Waals surface area contributed by atoms with E-state index in [9.17, 15) is 19.5 Å². The molecule has 130 valence electrons. The number of carbonyl (C=O) groups is 3. The van der Waals surface area contributed by atoms with E-state index in [2.05, 4.69) is 5.32 Å². The number of carbonyl (C=O) groups excluding carboxylic acids is 2. The van der Waals surface area contributed by atoms with Gasteiger partial charge in [0.1, 0.15) is 11.8 Å². The van der Waals surface area contributed by atoms with E-state index in [4.69, 9.17) is 4.74 Å². The lowest BCUT2D eigenvalue weighted by atomic mass is 10.0. The fraction of sp³-hybridized carbons (Fsp3) is 0.211. The summed E-state index contributed by atoms with van der Waals surface area (Å²) in [5.41, 5.74) is 2.14. The van der Waals surface area contributed by atoms with Gasteiger partial charge < -0.3 is 15.2 Å². The van der Waals surface area contributed by atoms with Crippen LogP contribution in [0.15, 0.2) is 48.5 Å². The molecule has 0 aliphatic carbocycles. The van der Waals surface area contributed by atoms with Crippen LogP contribution in [0.1, 0.15) is 28.4 Å². The van der Waals surface area contributed by atoms with Crippen molar-refractivity contribution in [1.82, 2.24) is 5.32 Å². The highest BCUT2D eigenvalue weighted by atomic mass is 16.5. The number of ether oxygens (including phenoxy) is 1. The van der Waals surface area contributed by atoms with Crippen LogP contribution in [0.25, 0.3) is 0 Å². The normalized spacial score (nSPS) is 11.4. The lowest BCUT2D eigenvalue weighted by Gasteiger charge is -2.15. The summed E-state index contributed by atoms with van der Waals surface area (Å²) in [5.74, 6) is -1.75. The number of hydrogen-bond acceptors (Lipinski definition) is 4. The molecule has 25 heavy (non-hydrogen) atoms. The molecule has 6 nitrogen and oxygen atoms in total. The summed E-state index contributed by atoms with van der Waals surface area (Å²) in [6.07, 6.45) is 0.189. The number of amides is 1. The molecule has 6 heteroatoms. The summed E-state index contributed by atoms with van der Waals surface area (Å²) < 4.78 is 4.89. The minimum Gasteiger partial charge on any atom is -0.480 e. The summed E-state index contributed by atoms with van der Waals surface area (Å²) in [7, 11) is 0. The van der Waals surface area contributed by atoms with Crippen LogP contribution in [-0.2, 0) is 16.0 Å². The minimum atomic E-state index is -1.11. The molecule has 2 aromatic carbocycles. The van der Waals surface area contributed by atoms with Crippen molar-refractivity contribution in [2.45, 2.75) is 26.3 Å². The average Bonchev–Trinajstić information content (AvgIpc) is 2.54. The first-order valence-corrected chi connectivity index (χ1v) is 7.73. The van der Waals surface area contributed by atoms with Crippen LogP contribution in [0.3, 0.4) is 0 Å². The van der Waals surface area contributed by atoms with Crippen LogP contribution >= 0.6 is 0 Å². The molecular formula is C19H19NO5. The Labute approximate surface area is 145 Å². The summed E-state index contributed by atoms with van der Waals surface area (Å²) >= 11 is 0. The third-order valence-corrected chi connectivity index (χ3v) is 3.50. The molecule has 1 atom stereocenters. The Balaban J connectivity index is 2.07. The SMILES string of the molecule is CC(=O)Oc1ccc(C(=O)N[C@@H](Cc2cccc(C)c2)C(=O)O)cc1. The Morgan fingerprint density at radius 1 is 1.12 bits per heavy atom. The number of aliphatic carboxylic acids is 1. The number of hydrogen-bond donors (Lipinski definition) is 2. The van der Waals surface area contributed by atoms with E-state index in [1.54, 1.807) is 0 Å². The highest BCUT2D eigenvalue weighted by molar-refractivity contribution is 5.96. The molecule has 0 saturated carbocycles. The third kappa shape index (κ3) is 5.46. The van der Waals surface area contributed by atoms with E-state index in [0.717, 1.165) is 11.1 Å². The number of benzene rings is 2. The lowest BCUT2D eigenvalue weighted by molar-refractivity contribution is -0.139. The highest BCUT2D eigenvalue weighted by Gasteiger charge is 2.21. The molecule has 0 bridgehead atoms. The molecule has 0 aromatic heterocycles. The van der Waals surface area contributed by atoms with Crippen molar-refractivity contribution in [3.63, 3.8) is 0 Å². The molecule has 0 heterocycles. The lowest BCUT2D eigenvalue weighted by Crippen LogP contribution is -2.42. The third-order valence-electron chi connectivity index (χ3n) is 3.50. The number of esters is 1. The van der Waals surface area contributed by atoms with E-state index < -0.39 is 23.9 Å². The number of rotatable bonds is 6. The number of aryl methyl sites for hydroxylation is 1. The maximum Gasteiger partial charge on any atom is 0.326 e. The molecule has 2 N–H and O–H groups in total. The Hall–Kier alpha value is -3.15. The van der Waals surface area contributed by atoms with Gasteiger partial charge in [-0.1, -0.05) is 29.8 Å². The maximum absolute atomic E-state index is 12.3. The van der Waals surface area contributed by atoms with Crippen molar-refractivity contribution in [2.24, 2.45) is 0 Å². The second kappa shape index (κ2) is 8.10. The summed E-state index contributed by atoms with van der Waals surface area (Å²) in [5, 5.41) is 11.9. The van der Waals surface area contributed by atoms with Crippen LogP contribution < -0.4 is 10.1 Å². The van der Waals surface area contributed by atoms with E-state index in [1.807, 2.05) is 31.2 Å². The van der Waals surface area contributed by atoms with E-state index in [-0.39, 0.29) is 12.0 Å². The molecule has 0 spiro atoms. The molecule has 2 rings (SSSR count). The predicted molar refractivity (Wildman–Crippen MR) is 91.5 cm³/mol. The van der Waals surface area contributed by atoms with E-state index in [1.165, 1.54) is 31.2 Å². The monoisotopic (exact) mass is 341 g/mol. The topological polar surface area (TPSA) is 92.7 Å². The Kier molecular flexibility index (Phi) is 5.89. The van der Waals surface area contributed by atoms with Gasteiger partial charge in [0.15, 0.2) is 0 Å². The van der Waals surface area contributed by atoms with Crippen LogP contribution in [-0.4, -0.2) is 29.0 Å². The quantitative estimate of drug-likeness (QED) is 0.621. The van der Waals surface area contributed by atoms with Crippen LogP contribution in [0, 0.1) is 6.92 Å². The van der Waals surface area contributed by atoms with Gasteiger partial charge in [0, 0.05) is 18.9 Å². The molecule has 1 amide bonds. The smallest absolute Gasteiger partial charge is 0.326 e. The van der Waals surface area contributed by atoms with Gasteiger partial charge in [0.05, 0.1) is 0 Å². The van der Waals surface area contributed by atoms with Crippen molar-refractivity contribution in [2.75, 3.05) is 0 Å². The molecule has 0 aliphatic rings. The number of carboxylic acid groups (broad SMARTS) is 1. The molecule has 0 fully saturated rings. The molecule has 0 saturated heterocycles. The average molecular weight is 341 g/mol. The van der Waals surface area contributed by atoms with E-state index >= 15 is 0 Å². The largest absolute Gasteiger partial charge is 0.480 e. The zero-order valence-electron chi connectivity index (χ0n) is 14.0. The standard InChI is InChI=1S/C19H19NO5/c1-12-4-3-5-14(10-12)11-17(19(23)24)20-18(22)15-6-8-16(9-7-15)25-13(2)21/h3-10,17H,11H2,1-2H3,(H,20,22)(H,23,24)/t17-/m0/s1. The second-order valence-electron chi connectivity index (χ2n) is 5.68. The molecule has 0 aliphatic heterocycles. The zero-order valence-corrected chi connectivity index (χ0v) is 14.0. The molecule has 2 aromatic rings. The van der Waals surface area contributed by atoms with Crippen LogP contribution in [0.4, 0.5) is 0 Å². The molecule has 0 unspecified atom stereocenters. The highest BCUT2D eigenvalue weighted by Crippen LogP contribution is 2.13. The molecule has 0 radical (unpaired) electrons. The van der Waals surface area contributed by atoms with Crippen LogP contribution in [0.5, 0.6) is 5.75 Å². The Morgan fingerprint density at radius 3 is 2.36 bits per heavy atom. The van der Waals surface area contributed by atoms with E-state index in [0.29, 0.717) is 5.75 Å². The van der Waals surface area contributed by atoms with Crippen molar-refractivity contribution >= 4 is 17.8 Å². The predicted octanol–water partition coefficient (Wildman–Crippen LogP) is 2.35. The van der Waals surface area contributed by atoms with Crippen LogP contribution in [0.2, 0.25) is 0 Å². The van der Waals surface area contributed by atoms with Crippen molar-refractivity contribution in [1.29, 1.82) is 0 Å². The summed E-state index contributed by atoms with van der Waals surface area (Å²) in [6.45, 7) is 3.20. The van der Waals surface area contributed by atoms with Gasteiger partial charge in [-0.25, -0.2) is 4.79 Å². The first-order valence-electron chi connectivity index (χ1n) is 7.73. The van der Waals surface area contributed by atoms with Gasteiger partial charge >= 0.3 is 11.9 Å². The van der Waals surface area contributed by atoms with Gasteiger partial charge in [0.2, 0.25) is 0 Å². The maximum atomic E-state index is 12.3. The van der Waals surface area contributed by atoms with Gasteiger partial charge in [-0.15, -0.1) is 0 Å². The van der Waals surface area contributed by atoms with Crippen molar-refractivity contribution in [3.8, 4) is 5.75 Å².